The van der Waals surface area contributed by atoms with Gasteiger partial charge in [-0.15, -0.1) is 0 Å². The Morgan fingerprint density at radius 3 is 2.39 bits per heavy atom. The van der Waals surface area contributed by atoms with Crippen LogP contribution < -0.4 is 5.56 Å². The largest absolute Gasteiger partial charge is 0.507 e. The van der Waals surface area contributed by atoms with E-state index in [0.717, 1.165) is 6.61 Å². The Hall–Kier alpha value is -1.47. The summed E-state index contributed by atoms with van der Waals surface area (Å²) in [5.74, 6) is -0.834. The molecule has 0 aliphatic carbocycles. The average molecular weight is 284 g/mol. The molecule has 0 amide bonds. The van der Waals surface area contributed by atoms with Gasteiger partial charge >= 0.3 is 5.38 Å². The van der Waals surface area contributed by atoms with Crippen LogP contribution >= 0.6 is 11.6 Å². The van der Waals surface area contributed by atoms with Crippen LogP contribution in [0.25, 0.3) is 0 Å². The zero-order valence-corrected chi connectivity index (χ0v) is 10.4. The molecule has 8 heteroatoms. The van der Waals surface area contributed by atoms with E-state index in [1.165, 1.54) is 0 Å². The van der Waals surface area contributed by atoms with E-state index in [9.17, 15) is 18.4 Å². The van der Waals surface area contributed by atoms with E-state index in [0.29, 0.717) is 6.07 Å². The lowest BCUT2D eigenvalue weighted by molar-refractivity contribution is 0.0891. The number of hydrogen-bond acceptors (Lipinski definition) is 4. The van der Waals surface area contributed by atoms with Gasteiger partial charge in [0.1, 0.15) is 17.0 Å². The Morgan fingerprint density at radius 2 is 2.11 bits per heavy atom. The van der Waals surface area contributed by atoms with Gasteiger partial charge in [-0.2, -0.15) is 8.78 Å². The second-order valence-corrected chi connectivity index (χ2v) is 3.48. The van der Waals surface area contributed by atoms with Gasteiger partial charge in [-0.1, -0.05) is 0 Å². The molecule has 0 aromatic carbocycles. The third-order valence-electron chi connectivity index (χ3n) is 1.76. The molecule has 5 nitrogen and oxygen atoms in total. The summed E-state index contributed by atoms with van der Waals surface area (Å²) in [6.07, 6.45) is 0.0598. The van der Waals surface area contributed by atoms with Crippen LogP contribution in [-0.2, 0) is 10.1 Å². The molecule has 0 aliphatic heterocycles. The Labute approximate surface area is 106 Å². The van der Waals surface area contributed by atoms with Crippen LogP contribution in [0.5, 0.6) is 5.75 Å². The molecule has 2 N–H and O–H groups in total. The number of aromatic nitrogens is 1. The molecule has 0 bridgehead atoms. The second kappa shape index (κ2) is 7.07. The number of carbonyl (C=O) groups is 1. The Bertz CT molecular complexity index is 454. The number of aldehydes is 1. The van der Waals surface area contributed by atoms with Crippen molar-refractivity contribution in [3.05, 3.63) is 27.7 Å². The van der Waals surface area contributed by atoms with E-state index in [2.05, 4.69) is 16.3 Å². The van der Waals surface area contributed by atoms with Crippen LogP contribution in [0.3, 0.4) is 0 Å². The van der Waals surface area contributed by atoms with Crippen LogP contribution in [-0.4, -0.2) is 30.1 Å². The molecule has 0 saturated heterocycles. The van der Waals surface area contributed by atoms with Crippen molar-refractivity contribution in [2.24, 2.45) is 0 Å². The minimum Gasteiger partial charge on any atom is -0.507 e. The minimum atomic E-state index is -3.79. The van der Waals surface area contributed by atoms with Gasteiger partial charge in [0.15, 0.2) is 6.29 Å². The molecule has 1 aromatic rings. The highest BCUT2D eigenvalue weighted by Gasteiger charge is 2.30. The maximum Gasteiger partial charge on any atom is 0.362 e. The number of rotatable bonds is 3. The topological polar surface area (TPSA) is 79.4 Å². The predicted molar refractivity (Wildman–Crippen MR) is 61.4 cm³/mol. The number of ether oxygens (including phenoxy) is 1. The monoisotopic (exact) mass is 283 g/mol. The lowest BCUT2D eigenvalue weighted by Crippen LogP contribution is -2.18. The molecule has 0 aliphatic rings. The standard InChI is InChI=1S/C7H4ClF2NO3.C3H8O/c8-7(9,10)5-1-4(13)3(2-12)6(14)11-5;1-3-4-2/h1-2H,(H2,11,13,14);3H2,1-2H3. The van der Waals surface area contributed by atoms with Gasteiger partial charge in [-0.25, -0.2) is 0 Å². The fourth-order valence-corrected chi connectivity index (χ4v) is 0.925. The Kier molecular flexibility index (Phi) is 6.50. The quantitative estimate of drug-likeness (QED) is 0.655. The number of H-pyrrole nitrogens is 1. The molecule has 0 radical (unpaired) electrons. The van der Waals surface area contributed by atoms with Crippen LogP contribution in [0.4, 0.5) is 8.78 Å². The van der Waals surface area contributed by atoms with E-state index in [1.54, 1.807) is 12.1 Å². The first kappa shape index (κ1) is 16.5. The number of halogens is 3. The number of carbonyl (C=O) groups excluding carboxylic acids is 1. The zero-order chi connectivity index (χ0) is 14.3. The first-order valence-electron chi connectivity index (χ1n) is 4.75. The smallest absolute Gasteiger partial charge is 0.362 e. The summed E-state index contributed by atoms with van der Waals surface area (Å²) < 4.78 is 29.4. The SMILES string of the molecule is CCOC.O=Cc1c(O)cc(C(F)(F)Cl)[nH]c1=O. The van der Waals surface area contributed by atoms with Gasteiger partial charge in [0.2, 0.25) is 0 Å². The fourth-order valence-electron chi connectivity index (χ4n) is 0.823. The molecule has 0 atom stereocenters. The summed E-state index contributed by atoms with van der Waals surface area (Å²) in [6, 6.07) is 0.526. The maximum atomic E-state index is 12.4. The summed E-state index contributed by atoms with van der Waals surface area (Å²) in [5.41, 5.74) is -2.70. The molecule has 18 heavy (non-hydrogen) atoms. The van der Waals surface area contributed by atoms with Crippen molar-refractivity contribution in [2.45, 2.75) is 12.3 Å². The molecule has 1 rings (SSSR count). The molecule has 102 valence electrons. The molecule has 0 spiro atoms. The molecular weight excluding hydrogens is 272 g/mol. The van der Waals surface area contributed by atoms with Gasteiger partial charge in [-0.05, 0) is 18.5 Å². The highest BCUT2D eigenvalue weighted by atomic mass is 35.5. The van der Waals surface area contributed by atoms with Crippen molar-refractivity contribution in [3.8, 4) is 5.75 Å². The highest BCUT2D eigenvalue weighted by Crippen LogP contribution is 2.31. The Balaban J connectivity index is 0.000000631. The first-order valence-corrected chi connectivity index (χ1v) is 5.13. The number of alkyl halides is 3. The number of hydrogen-bond donors (Lipinski definition) is 2. The molecular formula is C10H12ClF2NO4. The zero-order valence-electron chi connectivity index (χ0n) is 9.67. The second-order valence-electron chi connectivity index (χ2n) is 3.00. The summed E-state index contributed by atoms with van der Waals surface area (Å²) in [4.78, 5) is 22.8. The molecule has 1 heterocycles. The van der Waals surface area contributed by atoms with Crippen molar-refractivity contribution < 1.29 is 23.4 Å². The Morgan fingerprint density at radius 1 is 1.61 bits per heavy atom. The van der Waals surface area contributed by atoms with Crippen molar-refractivity contribution in [1.82, 2.24) is 4.98 Å². The van der Waals surface area contributed by atoms with Gasteiger partial charge in [-0.3, -0.25) is 9.59 Å². The lowest BCUT2D eigenvalue weighted by atomic mass is 10.2. The highest BCUT2D eigenvalue weighted by molar-refractivity contribution is 6.21. The van der Waals surface area contributed by atoms with E-state index < -0.39 is 27.9 Å². The molecule has 0 fully saturated rings. The normalized spacial score (nSPS) is 10.5. The summed E-state index contributed by atoms with van der Waals surface area (Å²) in [6.45, 7) is 2.78. The third-order valence-corrected chi connectivity index (χ3v) is 1.97. The predicted octanol–water partition coefficient (Wildman–Crippen LogP) is 1.83. The number of aromatic hydroxyl groups is 1. The molecule has 0 saturated carbocycles. The van der Waals surface area contributed by atoms with Gasteiger partial charge < -0.3 is 14.8 Å². The number of aromatic amines is 1. The maximum absolute atomic E-state index is 12.4. The molecule has 0 unspecified atom stereocenters. The van der Waals surface area contributed by atoms with E-state index in [-0.39, 0.29) is 6.29 Å². The average Bonchev–Trinajstić information content (AvgIpc) is 2.28. The number of nitrogens with one attached hydrogen (secondary N) is 1. The fraction of sp³-hybridized carbons (Fsp3) is 0.400. The van der Waals surface area contributed by atoms with Crippen molar-refractivity contribution in [3.63, 3.8) is 0 Å². The van der Waals surface area contributed by atoms with Crippen molar-refractivity contribution >= 4 is 17.9 Å². The van der Waals surface area contributed by atoms with Gasteiger partial charge in [0.25, 0.3) is 5.56 Å². The summed E-state index contributed by atoms with van der Waals surface area (Å²) in [7, 11) is 1.68. The summed E-state index contributed by atoms with van der Waals surface area (Å²) in [5, 5.41) is 5.20. The third kappa shape index (κ3) is 4.80. The minimum absolute atomic E-state index is 0.0598. The van der Waals surface area contributed by atoms with Gasteiger partial charge in [0, 0.05) is 19.8 Å². The lowest BCUT2D eigenvalue weighted by Gasteiger charge is -2.08. The number of pyridine rings is 1. The van der Waals surface area contributed by atoms with Crippen LogP contribution in [0, 0.1) is 0 Å². The first-order chi connectivity index (χ1) is 8.27. The van der Waals surface area contributed by atoms with E-state index in [4.69, 9.17) is 5.11 Å². The van der Waals surface area contributed by atoms with Gasteiger partial charge in [0.05, 0.1) is 0 Å². The van der Waals surface area contributed by atoms with Crippen molar-refractivity contribution in [1.29, 1.82) is 0 Å². The van der Waals surface area contributed by atoms with E-state index >= 15 is 0 Å². The van der Waals surface area contributed by atoms with Crippen LogP contribution in [0.1, 0.15) is 23.0 Å². The molecule has 1 aromatic heterocycles. The van der Waals surface area contributed by atoms with E-state index in [1.807, 2.05) is 6.92 Å². The summed E-state index contributed by atoms with van der Waals surface area (Å²) >= 11 is 4.60. The van der Waals surface area contributed by atoms with Crippen molar-refractivity contribution in [2.75, 3.05) is 13.7 Å². The van der Waals surface area contributed by atoms with Crippen LogP contribution in [0.15, 0.2) is 10.9 Å². The van der Waals surface area contributed by atoms with Crippen LogP contribution in [0.2, 0.25) is 0 Å². The number of methoxy groups -OCH3 is 1.